The second kappa shape index (κ2) is 19.4. The lowest BCUT2D eigenvalue weighted by molar-refractivity contribution is -0.302. The average Bonchev–Trinajstić information content (AvgIpc) is 3.17. The molecule has 4 aliphatic rings. The number of aliphatic hydroxyl groups excluding tert-OH is 1. The second-order valence-corrected chi connectivity index (χ2v) is 16.4. The van der Waals surface area contributed by atoms with E-state index in [1.54, 1.807) is 13.8 Å². The van der Waals surface area contributed by atoms with Crippen molar-refractivity contribution in [3.05, 3.63) is 47.6 Å². The number of nitrogens with two attached hydrogens (primary N) is 1. The van der Waals surface area contributed by atoms with E-state index < -0.39 is 71.5 Å². The van der Waals surface area contributed by atoms with Crippen molar-refractivity contribution >= 4 is 23.4 Å². The SMILES string of the molecule is C=CC12CCCCN1C(=O)C(=O)C1(O)OC(C(OC)CC(C)CC(C)/C=C(\CC)C(=O)CC(O)C(N)C(C(C)=CC3=CCCCC3)OC2=O)C(OC)CC1C. The highest BCUT2D eigenvalue weighted by Crippen LogP contribution is 2.40. The van der Waals surface area contributed by atoms with E-state index in [-0.39, 0.29) is 43.4 Å². The molecule has 0 aromatic carbocycles. The normalized spacial score (nSPS) is 39.2. The zero-order valence-electron chi connectivity index (χ0n) is 34.1. The van der Waals surface area contributed by atoms with E-state index in [0.29, 0.717) is 43.3 Å². The maximum atomic E-state index is 14.6. The molecule has 0 radical (unpaired) electrons. The Hall–Kier alpha value is -3.00. The van der Waals surface area contributed by atoms with Gasteiger partial charge in [0.25, 0.3) is 11.7 Å². The van der Waals surface area contributed by atoms with Crippen molar-refractivity contribution < 1.29 is 48.3 Å². The van der Waals surface area contributed by atoms with Crippen LogP contribution in [0.15, 0.2) is 47.6 Å². The Morgan fingerprint density at radius 2 is 1.75 bits per heavy atom. The number of aliphatic hydroxyl groups is 2. The van der Waals surface area contributed by atoms with Gasteiger partial charge in [-0.15, -0.1) is 6.58 Å². The predicted molar refractivity (Wildman–Crippen MR) is 208 cm³/mol. The standard InChI is InChI=1S/C43H66N2O10/c1-9-31-21-26(3)20-27(4)22-34(52-7)38-35(53-8)24-29(6)43(51,55-38)39(48)40(49)45-19-15-14-18-42(45,10-2)41(50)54-37(36(44)33(47)25-32(31)46)28(5)23-30-16-12-11-13-17-30/h10,16,21,23,26-27,29,33-38,47,51H,2,9,11-15,17-20,22,24-25,44H2,1,3-8H3/b28-23?,31-21+. The Balaban J connectivity index is 1.84. The highest BCUT2D eigenvalue weighted by Gasteiger charge is 2.58. The fourth-order valence-corrected chi connectivity index (χ4v) is 8.96. The molecule has 12 heteroatoms. The summed E-state index contributed by atoms with van der Waals surface area (Å²) in [6.07, 6.45) is 9.08. The van der Waals surface area contributed by atoms with Crippen LogP contribution >= 0.6 is 0 Å². The lowest BCUT2D eigenvalue weighted by Gasteiger charge is -2.48. The number of carbonyl (C=O) groups excluding carboxylic acids is 4. The first kappa shape index (κ1) is 44.7. The monoisotopic (exact) mass is 770 g/mol. The molecule has 11 atom stereocenters. The molecule has 4 N–H and O–H groups in total. The van der Waals surface area contributed by atoms with Gasteiger partial charge in [-0.3, -0.25) is 14.4 Å². The van der Waals surface area contributed by atoms with Crippen LogP contribution in [0.25, 0.3) is 0 Å². The van der Waals surface area contributed by atoms with Crippen LogP contribution in [0.1, 0.15) is 112 Å². The number of allylic oxidation sites excluding steroid dienone is 5. The summed E-state index contributed by atoms with van der Waals surface area (Å²) >= 11 is 0. The molecule has 3 heterocycles. The first-order valence-corrected chi connectivity index (χ1v) is 20.3. The van der Waals surface area contributed by atoms with E-state index in [0.717, 1.165) is 36.2 Å². The third kappa shape index (κ3) is 9.94. The van der Waals surface area contributed by atoms with Crippen LogP contribution < -0.4 is 5.73 Å². The maximum Gasteiger partial charge on any atom is 0.336 e. The fraction of sp³-hybridized carbons (Fsp3) is 0.721. The molecule has 308 valence electrons. The highest BCUT2D eigenvalue weighted by atomic mass is 16.7. The number of hydrogen-bond acceptors (Lipinski definition) is 11. The van der Waals surface area contributed by atoms with E-state index in [2.05, 4.69) is 19.6 Å². The van der Waals surface area contributed by atoms with Crippen LogP contribution in [0, 0.1) is 17.8 Å². The molecular formula is C43H66N2O10. The topological polar surface area (TPSA) is 175 Å². The van der Waals surface area contributed by atoms with Gasteiger partial charge in [0.15, 0.2) is 11.3 Å². The number of piperidine rings is 1. The van der Waals surface area contributed by atoms with Crippen LogP contribution in [0.4, 0.5) is 0 Å². The molecule has 0 aromatic heterocycles. The molecule has 0 spiro atoms. The molecular weight excluding hydrogens is 704 g/mol. The van der Waals surface area contributed by atoms with Gasteiger partial charge in [0, 0.05) is 33.1 Å². The van der Waals surface area contributed by atoms with Gasteiger partial charge in [-0.2, -0.15) is 0 Å². The van der Waals surface area contributed by atoms with E-state index >= 15 is 0 Å². The van der Waals surface area contributed by atoms with E-state index in [1.165, 1.54) is 20.3 Å². The summed E-state index contributed by atoms with van der Waals surface area (Å²) in [5.74, 6) is -6.81. The number of carbonyl (C=O) groups is 4. The number of methoxy groups -OCH3 is 2. The van der Waals surface area contributed by atoms with E-state index in [1.807, 2.05) is 26.0 Å². The number of esters is 1. The number of ether oxygens (including phenoxy) is 4. The van der Waals surface area contributed by atoms with Crippen molar-refractivity contribution in [1.29, 1.82) is 0 Å². The minimum atomic E-state index is -2.54. The molecule has 2 bridgehead atoms. The molecule has 12 nitrogen and oxygen atoms in total. The van der Waals surface area contributed by atoms with Crippen LogP contribution in [-0.4, -0.2) is 107 Å². The van der Waals surface area contributed by atoms with Crippen molar-refractivity contribution in [2.45, 2.75) is 160 Å². The summed E-state index contributed by atoms with van der Waals surface area (Å²) < 4.78 is 24.2. The Morgan fingerprint density at radius 3 is 2.36 bits per heavy atom. The third-order valence-electron chi connectivity index (χ3n) is 12.3. The lowest BCUT2D eigenvalue weighted by Crippen LogP contribution is -2.67. The number of Topliss-reactive ketones (excluding diaryl/α,β-unsaturated/α-hetero) is 2. The van der Waals surface area contributed by atoms with Crippen LogP contribution in [0.5, 0.6) is 0 Å². The summed E-state index contributed by atoms with van der Waals surface area (Å²) in [5, 5.41) is 23.6. The molecule has 11 unspecified atom stereocenters. The van der Waals surface area contributed by atoms with Crippen molar-refractivity contribution in [3.63, 3.8) is 0 Å². The Morgan fingerprint density at radius 1 is 1.05 bits per heavy atom. The molecule has 2 fully saturated rings. The summed E-state index contributed by atoms with van der Waals surface area (Å²) in [7, 11) is 3.06. The van der Waals surface area contributed by atoms with Crippen LogP contribution in [0.2, 0.25) is 0 Å². The third-order valence-corrected chi connectivity index (χ3v) is 12.3. The Kier molecular flexibility index (Phi) is 15.8. The highest BCUT2D eigenvalue weighted by molar-refractivity contribution is 6.39. The number of nitrogens with zero attached hydrogens (tertiary/aromatic N) is 1. The summed E-state index contributed by atoms with van der Waals surface area (Å²) in [6, 6.07) is -1.21. The number of hydrogen-bond donors (Lipinski definition) is 3. The van der Waals surface area contributed by atoms with Gasteiger partial charge < -0.3 is 39.8 Å². The van der Waals surface area contributed by atoms with Gasteiger partial charge in [-0.25, -0.2) is 4.79 Å². The first-order valence-electron chi connectivity index (χ1n) is 20.3. The minimum absolute atomic E-state index is 0.0123. The van der Waals surface area contributed by atoms with Gasteiger partial charge in [0.2, 0.25) is 5.79 Å². The minimum Gasteiger partial charge on any atom is -0.454 e. The molecule has 55 heavy (non-hydrogen) atoms. The zero-order valence-corrected chi connectivity index (χ0v) is 34.1. The smallest absolute Gasteiger partial charge is 0.336 e. The number of ketones is 2. The number of rotatable bonds is 6. The van der Waals surface area contributed by atoms with Crippen LogP contribution in [0.3, 0.4) is 0 Å². The Labute approximate surface area is 327 Å². The lowest BCUT2D eigenvalue weighted by atomic mass is 9.81. The summed E-state index contributed by atoms with van der Waals surface area (Å²) in [6.45, 7) is 13.3. The fourth-order valence-electron chi connectivity index (χ4n) is 8.96. The van der Waals surface area contributed by atoms with Gasteiger partial charge in [0.1, 0.15) is 12.2 Å². The molecule has 1 aliphatic carbocycles. The summed E-state index contributed by atoms with van der Waals surface area (Å²) in [4.78, 5) is 58.2. The van der Waals surface area contributed by atoms with Gasteiger partial charge in [0.05, 0.1) is 24.4 Å². The Bertz CT molecular complexity index is 1510. The van der Waals surface area contributed by atoms with E-state index in [4.69, 9.17) is 24.7 Å². The number of cyclic esters (lactones) is 1. The molecule has 0 saturated carbocycles. The molecule has 2 saturated heterocycles. The number of amides is 1. The molecule has 1 amide bonds. The molecule has 0 aromatic rings. The number of fused-ring (bicyclic) bond motifs is 3. The van der Waals surface area contributed by atoms with Crippen molar-refractivity contribution in [2.24, 2.45) is 23.5 Å². The average molecular weight is 771 g/mol. The van der Waals surface area contributed by atoms with Gasteiger partial charge >= 0.3 is 5.97 Å². The van der Waals surface area contributed by atoms with Gasteiger partial charge in [-0.05, 0) is 101 Å². The van der Waals surface area contributed by atoms with E-state index in [9.17, 15) is 29.4 Å². The van der Waals surface area contributed by atoms with Crippen molar-refractivity contribution in [3.8, 4) is 0 Å². The van der Waals surface area contributed by atoms with Crippen molar-refractivity contribution in [2.75, 3.05) is 20.8 Å². The molecule has 4 rings (SSSR count). The molecule has 3 aliphatic heterocycles. The second-order valence-electron chi connectivity index (χ2n) is 16.4. The largest absolute Gasteiger partial charge is 0.454 e. The predicted octanol–water partition coefficient (Wildman–Crippen LogP) is 5.04. The quantitative estimate of drug-likeness (QED) is 0.188. The first-order chi connectivity index (χ1) is 26.1. The van der Waals surface area contributed by atoms with Crippen molar-refractivity contribution in [1.82, 2.24) is 4.90 Å². The summed E-state index contributed by atoms with van der Waals surface area (Å²) in [5.41, 5.74) is 7.14. The van der Waals surface area contributed by atoms with Crippen LogP contribution in [-0.2, 0) is 38.1 Å². The van der Waals surface area contributed by atoms with Gasteiger partial charge in [-0.1, -0.05) is 57.6 Å². The zero-order chi connectivity index (χ0) is 40.7. The maximum absolute atomic E-state index is 14.6.